The van der Waals surface area contributed by atoms with E-state index in [1.54, 1.807) is 36.4 Å². The van der Waals surface area contributed by atoms with Gasteiger partial charge in [0, 0.05) is 16.8 Å². The minimum Gasteiger partial charge on any atom is -0.393 e. The predicted molar refractivity (Wildman–Crippen MR) is 137 cm³/mol. The molecule has 2 aromatic carbocycles. The van der Waals surface area contributed by atoms with Crippen molar-refractivity contribution in [3.05, 3.63) is 99.1 Å². The molecule has 1 amide bonds. The van der Waals surface area contributed by atoms with Gasteiger partial charge >= 0.3 is 0 Å². The fourth-order valence-corrected chi connectivity index (χ4v) is 5.38. The summed E-state index contributed by atoms with van der Waals surface area (Å²) < 4.78 is 22.9. The number of benzene rings is 2. The molecule has 7 nitrogen and oxygen atoms in total. The van der Waals surface area contributed by atoms with Crippen molar-refractivity contribution in [3.63, 3.8) is 0 Å². The van der Waals surface area contributed by atoms with E-state index < -0.39 is 35.3 Å². The lowest BCUT2D eigenvalue weighted by Crippen LogP contribution is -2.48. The molecule has 3 aromatic rings. The lowest BCUT2D eigenvalue weighted by atomic mass is 9.88. The van der Waals surface area contributed by atoms with Crippen molar-refractivity contribution in [2.75, 3.05) is 0 Å². The van der Waals surface area contributed by atoms with E-state index >= 15 is 4.39 Å². The van der Waals surface area contributed by atoms with Gasteiger partial charge in [0.15, 0.2) is 0 Å². The van der Waals surface area contributed by atoms with Crippen LogP contribution in [0.4, 0.5) is 4.39 Å². The summed E-state index contributed by atoms with van der Waals surface area (Å²) in [6.45, 7) is 3.00. The number of pyridine rings is 1. The van der Waals surface area contributed by atoms with Crippen LogP contribution in [0.25, 0.3) is 0 Å². The van der Waals surface area contributed by atoms with Crippen LogP contribution in [-0.4, -0.2) is 38.2 Å². The highest BCUT2D eigenvalue weighted by molar-refractivity contribution is 6.30. The van der Waals surface area contributed by atoms with Crippen molar-refractivity contribution in [3.8, 4) is 6.07 Å². The Morgan fingerprint density at radius 2 is 1.97 bits per heavy atom. The van der Waals surface area contributed by atoms with Gasteiger partial charge in [-0.15, -0.1) is 0 Å². The summed E-state index contributed by atoms with van der Waals surface area (Å²) in [5, 5.41) is 30.5. The van der Waals surface area contributed by atoms with E-state index in [1.165, 1.54) is 37.1 Å². The molecule has 1 fully saturated rings. The van der Waals surface area contributed by atoms with Crippen molar-refractivity contribution in [1.29, 1.82) is 5.26 Å². The summed E-state index contributed by atoms with van der Waals surface area (Å²) in [6, 6.07) is 14.7. The van der Waals surface area contributed by atoms with E-state index in [2.05, 4.69) is 4.98 Å². The van der Waals surface area contributed by atoms with Crippen LogP contribution in [0.15, 0.2) is 54.7 Å². The molecule has 0 saturated heterocycles. The van der Waals surface area contributed by atoms with Gasteiger partial charge in [-0.3, -0.25) is 14.7 Å². The molecule has 1 saturated carbocycles. The summed E-state index contributed by atoms with van der Waals surface area (Å²) >= 11 is 6.19. The molecule has 1 aliphatic heterocycles. The number of hydrogen-bond donors (Lipinski definition) is 2. The lowest BCUT2D eigenvalue weighted by Gasteiger charge is -2.41. The molecule has 0 radical (unpaired) electrons. The third-order valence-corrected chi connectivity index (χ3v) is 7.45. The van der Waals surface area contributed by atoms with Gasteiger partial charge in [-0.2, -0.15) is 5.26 Å². The number of nitrogens with zero attached hydrogens (tertiary/aromatic N) is 3. The number of nitriles is 1. The van der Waals surface area contributed by atoms with Crippen LogP contribution in [0.2, 0.25) is 5.02 Å². The zero-order chi connectivity index (χ0) is 27.2. The average molecular weight is 536 g/mol. The van der Waals surface area contributed by atoms with E-state index in [1.807, 2.05) is 6.07 Å². The quantitative estimate of drug-likeness (QED) is 0.471. The Hall–Kier alpha value is -3.35. The largest absolute Gasteiger partial charge is 0.393 e. The molecule has 1 unspecified atom stereocenters. The Balaban J connectivity index is 1.75. The minimum atomic E-state index is -1.69. The molecule has 5 rings (SSSR count). The SMILES string of the molecule is CC(C)(O)c1cc(F)c2c(c1)C(=O)N(Cc1ccc(C#N)cn1)[C@@]2(OC1CC[C@H](O)C1)c1ccc(Cl)cc1. The molecular weight excluding hydrogens is 509 g/mol. The number of fused-ring (bicyclic) bond motifs is 1. The molecule has 9 heteroatoms. The number of ether oxygens (including phenoxy) is 1. The average Bonchev–Trinajstić information content (AvgIpc) is 3.39. The number of rotatable bonds is 6. The molecule has 196 valence electrons. The Morgan fingerprint density at radius 1 is 1.24 bits per heavy atom. The van der Waals surface area contributed by atoms with E-state index in [0.717, 1.165) is 0 Å². The number of aliphatic hydroxyl groups is 2. The van der Waals surface area contributed by atoms with Crippen LogP contribution < -0.4 is 0 Å². The first-order valence-corrected chi connectivity index (χ1v) is 12.8. The number of aliphatic hydroxyl groups excluding tert-OH is 1. The highest BCUT2D eigenvalue weighted by Crippen LogP contribution is 2.50. The van der Waals surface area contributed by atoms with Gasteiger partial charge in [-0.25, -0.2) is 4.39 Å². The molecule has 38 heavy (non-hydrogen) atoms. The fraction of sp³-hybridized carbons (Fsp3) is 0.345. The van der Waals surface area contributed by atoms with Gasteiger partial charge in [-0.05, 0) is 75.1 Å². The van der Waals surface area contributed by atoms with Gasteiger partial charge in [-0.1, -0.05) is 23.7 Å². The number of hydrogen-bond acceptors (Lipinski definition) is 6. The first-order chi connectivity index (χ1) is 18.0. The molecule has 1 aromatic heterocycles. The highest BCUT2D eigenvalue weighted by Gasteiger charge is 2.56. The maximum Gasteiger partial charge on any atom is 0.257 e. The van der Waals surface area contributed by atoms with Crippen LogP contribution in [0.5, 0.6) is 0 Å². The predicted octanol–water partition coefficient (Wildman–Crippen LogP) is 4.76. The van der Waals surface area contributed by atoms with Crippen molar-refractivity contribution in [2.24, 2.45) is 0 Å². The second kappa shape index (κ2) is 9.75. The molecule has 3 atom stereocenters. The standard InChI is InChI=1S/C29H27ClFN3O4/c1-28(2,37)19-11-24-26(25(31)12-19)29(18-4-6-20(30)7-5-18,38-23-10-9-22(35)13-23)34(27(24)36)16-21-8-3-17(14-32)15-33-21/h3-8,11-12,15,22-23,35,37H,9-10,13,16H2,1-2H3/t22-,23?,29+/m0/s1. The third kappa shape index (κ3) is 4.56. The van der Waals surface area contributed by atoms with Crippen LogP contribution in [0.1, 0.15) is 71.4 Å². The fourth-order valence-electron chi connectivity index (χ4n) is 5.26. The summed E-state index contributed by atoms with van der Waals surface area (Å²) in [5.41, 5.74) is -1.40. The Labute approximate surface area is 225 Å². The first-order valence-electron chi connectivity index (χ1n) is 12.4. The zero-order valence-corrected chi connectivity index (χ0v) is 21.7. The number of carbonyl (C=O) groups excluding carboxylic acids is 1. The van der Waals surface area contributed by atoms with E-state index in [-0.39, 0.29) is 23.2 Å². The van der Waals surface area contributed by atoms with Crippen LogP contribution in [-0.2, 0) is 22.6 Å². The van der Waals surface area contributed by atoms with Gasteiger partial charge < -0.3 is 14.9 Å². The summed E-state index contributed by atoms with van der Waals surface area (Å²) in [5.74, 6) is -1.19. The van der Waals surface area contributed by atoms with Gasteiger partial charge in [0.1, 0.15) is 11.9 Å². The highest BCUT2D eigenvalue weighted by atomic mass is 35.5. The van der Waals surface area contributed by atoms with Gasteiger partial charge in [0.2, 0.25) is 5.72 Å². The molecule has 2 aliphatic rings. The number of carbonyl (C=O) groups is 1. The Kier molecular flexibility index (Phi) is 6.74. The molecule has 1 aliphatic carbocycles. The second-order valence-corrected chi connectivity index (χ2v) is 10.8. The Morgan fingerprint density at radius 3 is 2.55 bits per heavy atom. The van der Waals surface area contributed by atoms with Crippen molar-refractivity contribution in [2.45, 2.75) is 63.2 Å². The third-order valence-electron chi connectivity index (χ3n) is 7.19. The summed E-state index contributed by atoms with van der Waals surface area (Å²) in [6.07, 6.45) is 1.80. The van der Waals surface area contributed by atoms with Crippen LogP contribution in [0, 0.1) is 17.1 Å². The van der Waals surface area contributed by atoms with E-state index in [9.17, 15) is 15.0 Å². The van der Waals surface area contributed by atoms with Crippen molar-refractivity contribution in [1.82, 2.24) is 9.88 Å². The van der Waals surface area contributed by atoms with E-state index in [4.69, 9.17) is 21.6 Å². The normalized spacial score (nSPS) is 23.0. The maximum atomic E-state index is 16.2. The molecular formula is C29H27ClFN3O4. The number of aromatic nitrogens is 1. The molecule has 2 heterocycles. The van der Waals surface area contributed by atoms with Gasteiger partial charge in [0.25, 0.3) is 5.91 Å². The minimum absolute atomic E-state index is 0.0351. The van der Waals surface area contributed by atoms with Gasteiger partial charge in [0.05, 0.1) is 46.7 Å². The second-order valence-electron chi connectivity index (χ2n) is 10.3. The molecule has 2 N–H and O–H groups in total. The first kappa shape index (κ1) is 26.3. The molecule has 0 bridgehead atoms. The number of amides is 1. The molecule has 0 spiro atoms. The van der Waals surface area contributed by atoms with Crippen LogP contribution >= 0.6 is 11.6 Å². The zero-order valence-electron chi connectivity index (χ0n) is 21.0. The monoisotopic (exact) mass is 535 g/mol. The maximum absolute atomic E-state index is 16.2. The lowest BCUT2D eigenvalue weighted by molar-refractivity contribution is -0.149. The summed E-state index contributed by atoms with van der Waals surface area (Å²) in [4.78, 5) is 19.9. The van der Waals surface area contributed by atoms with Crippen molar-refractivity contribution < 1.29 is 24.1 Å². The van der Waals surface area contributed by atoms with E-state index in [0.29, 0.717) is 41.1 Å². The summed E-state index contributed by atoms with van der Waals surface area (Å²) in [7, 11) is 0. The smallest absolute Gasteiger partial charge is 0.257 e. The Bertz CT molecular complexity index is 1420. The topological polar surface area (TPSA) is 107 Å². The van der Waals surface area contributed by atoms with Crippen LogP contribution in [0.3, 0.4) is 0 Å². The number of halogens is 2. The van der Waals surface area contributed by atoms with Crippen molar-refractivity contribution >= 4 is 17.5 Å².